The van der Waals surface area contributed by atoms with Crippen molar-refractivity contribution in [2.45, 2.75) is 0 Å². The molecule has 1 aliphatic heterocycles. The van der Waals surface area contributed by atoms with Crippen molar-refractivity contribution in [2.75, 3.05) is 5.32 Å². The quantitative estimate of drug-likeness (QED) is 0.439. The van der Waals surface area contributed by atoms with Crippen LogP contribution in [-0.2, 0) is 4.79 Å². The second kappa shape index (κ2) is 5.76. The molecule has 0 fully saturated rings. The molecule has 2 aromatic carbocycles. The van der Waals surface area contributed by atoms with Crippen molar-refractivity contribution in [2.24, 2.45) is 0 Å². The van der Waals surface area contributed by atoms with Gasteiger partial charge in [0.15, 0.2) is 0 Å². The number of benzene rings is 2. The predicted octanol–water partition coefficient (Wildman–Crippen LogP) is 4.35. The van der Waals surface area contributed by atoms with E-state index < -0.39 is 4.92 Å². The Kier molecular flexibility index (Phi) is 3.43. The first-order valence-electron chi connectivity index (χ1n) is 7.59. The highest BCUT2D eigenvalue weighted by atomic mass is 16.6. The molecule has 0 radical (unpaired) electrons. The largest absolute Gasteiger partial charge is 0.456 e. The van der Waals surface area contributed by atoms with Crippen molar-refractivity contribution in [1.82, 2.24) is 0 Å². The van der Waals surface area contributed by atoms with Crippen LogP contribution < -0.4 is 5.32 Å². The van der Waals surface area contributed by atoms with Gasteiger partial charge in [0, 0.05) is 17.3 Å². The molecular weight excluding hydrogens is 320 g/mol. The zero-order chi connectivity index (χ0) is 17.4. The van der Waals surface area contributed by atoms with Crippen LogP contribution in [0.3, 0.4) is 0 Å². The molecule has 0 saturated heterocycles. The third-order valence-electron chi connectivity index (χ3n) is 3.99. The van der Waals surface area contributed by atoms with Gasteiger partial charge in [-0.1, -0.05) is 30.3 Å². The minimum absolute atomic E-state index is 0.0278. The Hall–Kier alpha value is -3.67. The smallest absolute Gasteiger partial charge is 0.280 e. The maximum Gasteiger partial charge on any atom is 0.280 e. The molecule has 1 aromatic heterocycles. The van der Waals surface area contributed by atoms with Crippen molar-refractivity contribution < 1.29 is 14.1 Å². The molecule has 1 aliphatic rings. The van der Waals surface area contributed by atoms with E-state index in [4.69, 9.17) is 4.42 Å². The van der Waals surface area contributed by atoms with Crippen LogP contribution in [0.2, 0.25) is 0 Å². The van der Waals surface area contributed by atoms with E-state index >= 15 is 0 Å². The summed E-state index contributed by atoms with van der Waals surface area (Å²) >= 11 is 0. The van der Waals surface area contributed by atoms with Crippen LogP contribution in [-0.4, -0.2) is 10.8 Å². The summed E-state index contributed by atoms with van der Waals surface area (Å²) in [6, 6.07) is 17.1. The number of fused-ring (bicyclic) bond motifs is 1. The number of carbonyl (C=O) groups is 1. The maximum absolute atomic E-state index is 12.1. The van der Waals surface area contributed by atoms with Gasteiger partial charge in [0.1, 0.15) is 11.5 Å². The normalized spacial score (nSPS) is 14.4. The number of carbonyl (C=O) groups excluding carboxylic acids is 1. The summed E-state index contributed by atoms with van der Waals surface area (Å²) in [5, 5.41) is 14.0. The van der Waals surface area contributed by atoms with Gasteiger partial charge >= 0.3 is 0 Å². The van der Waals surface area contributed by atoms with Crippen molar-refractivity contribution in [3.05, 3.63) is 82.1 Å². The number of nitro groups is 1. The highest BCUT2D eigenvalue weighted by Gasteiger charge is 2.24. The zero-order valence-corrected chi connectivity index (χ0v) is 12.9. The fourth-order valence-electron chi connectivity index (χ4n) is 2.84. The Morgan fingerprint density at radius 3 is 2.48 bits per heavy atom. The molecule has 3 aromatic rings. The molecule has 1 N–H and O–H groups in total. The fourth-order valence-corrected chi connectivity index (χ4v) is 2.84. The van der Waals surface area contributed by atoms with Crippen molar-refractivity contribution in [1.29, 1.82) is 0 Å². The first kappa shape index (κ1) is 14.9. The lowest BCUT2D eigenvalue weighted by Crippen LogP contribution is -2.03. The molecule has 1 amide bonds. The minimum atomic E-state index is -0.448. The molecule has 0 aliphatic carbocycles. The Morgan fingerprint density at radius 1 is 0.960 bits per heavy atom. The summed E-state index contributed by atoms with van der Waals surface area (Å²) in [7, 11) is 0. The Bertz CT molecular complexity index is 1030. The first-order chi connectivity index (χ1) is 12.1. The van der Waals surface area contributed by atoms with Crippen molar-refractivity contribution >= 4 is 28.9 Å². The van der Waals surface area contributed by atoms with E-state index in [2.05, 4.69) is 5.32 Å². The van der Waals surface area contributed by atoms with Crippen LogP contribution in [0.4, 0.5) is 11.4 Å². The number of hydrogen-bond acceptors (Lipinski definition) is 4. The van der Waals surface area contributed by atoms with Gasteiger partial charge in [0.05, 0.1) is 16.1 Å². The second-order valence-corrected chi connectivity index (χ2v) is 5.53. The van der Waals surface area contributed by atoms with Crippen LogP contribution in [0.15, 0.2) is 65.1 Å². The molecule has 0 saturated carbocycles. The molecule has 6 nitrogen and oxygen atoms in total. The third kappa shape index (κ3) is 2.59. The molecule has 25 heavy (non-hydrogen) atoms. The number of nitrogens with zero attached hydrogens (tertiary/aromatic N) is 1. The molecule has 4 rings (SSSR count). The number of nitrogens with one attached hydrogen (secondary N) is 1. The van der Waals surface area contributed by atoms with Crippen LogP contribution in [0.1, 0.15) is 11.3 Å². The van der Waals surface area contributed by atoms with Crippen LogP contribution >= 0.6 is 0 Å². The average molecular weight is 332 g/mol. The van der Waals surface area contributed by atoms with E-state index in [-0.39, 0.29) is 11.6 Å². The Balaban J connectivity index is 1.74. The van der Waals surface area contributed by atoms with E-state index in [1.165, 1.54) is 6.07 Å². The predicted molar refractivity (Wildman–Crippen MR) is 93.7 cm³/mol. The maximum atomic E-state index is 12.1. The molecule has 2 heterocycles. The lowest BCUT2D eigenvalue weighted by atomic mass is 10.1. The monoisotopic (exact) mass is 332 g/mol. The van der Waals surface area contributed by atoms with Gasteiger partial charge in [0.25, 0.3) is 11.6 Å². The minimum Gasteiger partial charge on any atom is -0.456 e. The highest BCUT2D eigenvalue weighted by Crippen LogP contribution is 2.35. The number of amides is 1. The number of rotatable bonds is 3. The number of furan rings is 1. The SMILES string of the molecule is O=C1Nc2ccccc2/C1=C/c1ccc(-c2ccccc2[N+](=O)[O-])o1. The van der Waals surface area contributed by atoms with E-state index in [9.17, 15) is 14.9 Å². The lowest BCUT2D eigenvalue weighted by molar-refractivity contribution is -0.384. The standard InChI is InChI=1S/C19H12N2O4/c22-19-15(13-5-1-3-7-16(13)20-19)11-12-9-10-18(25-12)14-6-2-4-8-17(14)21(23)24/h1-11H,(H,20,22)/b15-11-. The molecule has 0 spiro atoms. The molecule has 0 unspecified atom stereocenters. The van der Waals surface area contributed by atoms with Crippen molar-refractivity contribution in [3.63, 3.8) is 0 Å². The molecule has 0 bridgehead atoms. The van der Waals surface area contributed by atoms with Crippen LogP contribution in [0.5, 0.6) is 0 Å². The second-order valence-electron chi connectivity index (χ2n) is 5.53. The van der Waals surface area contributed by atoms with Crippen LogP contribution in [0.25, 0.3) is 23.0 Å². The van der Waals surface area contributed by atoms with E-state index in [0.717, 1.165) is 11.3 Å². The van der Waals surface area contributed by atoms with Gasteiger partial charge in [-0.2, -0.15) is 0 Å². The van der Waals surface area contributed by atoms with Gasteiger partial charge in [-0.15, -0.1) is 0 Å². The average Bonchev–Trinajstić information content (AvgIpc) is 3.20. The molecule has 0 atom stereocenters. The zero-order valence-electron chi connectivity index (χ0n) is 12.9. The van der Waals surface area contributed by atoms with Gasteiger partial charge in [-0.3, -0.25) is 14.9 Å². The summed E-state index contributed by atoms with van der Waals surface area (Å²) in [6.45, 7) is 0. The third-order valence-corrected chi connectivity index (χ3v) is 3.99. The molecular formula is C19H12N2O4. The van der Waals surface area contributed by atoms with Gasteiger partial charge in [0.2, 0.25) is 0 Å². The lowest BCUT2D eigenvalue weighted by Gasteiger charge is -1.99. The Labute approximate surface area is 142 Å². The summed E-state index contributed by atoms with van der Waals surface area (Å²) in [6.07, 6.45) is 1.64. The number of nitro benzene ring substituents is 1. The molecule has 122 valence electrons. The van der Waals surface area contributed by atoms with Crippen LogP contribution in [0, 0.1) is 10.1 Å². The van der Waals surface area contributed by atoms with E-state index in [1.54, 1.807) is 36.4 Å². The number of hydrogen-bond donors (Lipinski definition) is 1. The Morgan fingerprint density at radius 2 is 1.68 bits per heavy atom. The first-order valence-corrected chi connectivity index (χ1v) is 7.59. The van der Waals surface area contributed by atoms with Gasteiger partial charge in [-0.25, -0.2) is 0 Å². The topological polar surface area (TPSA) is 85.4 Å². The van der Waals surface area contributed by atoms with E-state index in [0.29, 0.717) is 22.7 Å². The fraction of sp³-hybridized carbons (Fsp3) is 0. The number of para-hydroxylation sites is 2. The highest BCUT2D eigenvalue weighted by molar-refractivity contribution is 6.34. The number of anilines is 1. The summed E-state index contributed by atoms with van der Waals surface area (Å²) in [5.74, 6) is 0.630. The summed E-state index contributed by atoms with van der Waals surface area (Å²) in [5.41, 5.74) is 2.42. The van der Waals surface area contributed by atoms with Crippen molar-refractivity contribution in [3.8, 4) is 11.3 Å². The van der Waals surface area contributed by atoms with Gasteiger partial charge < -0.3 is 9.73 Å². The molecule has 6 heteroatoms. The summed E-state index contributed by atoms with van der Waals surface area (Å²) in [4.78, 5) is 22.9. The van der Waals surface area contributed by atoms with E-state index in [1.807, 2.05) is 24.3 Å². The van der Waals surface area contributed by atoms with Gasteiger partial charge in [-0.05, 0) is 30.3 Å². The summed E-state index contributed by atoms with van der Waals surface area (Å²) < 4.78 is 5.72.